The van der Waals surface area contributed by atoms with E-state index < -0.39 is 9.75 Å². The third kappa shape index (κ3) is 1.82. The molecule has 15 heavy (non-hydrogen) atoms. The van der Waals surface area contributed by atoms with E-state index in [2.05, 4.69) is 10.3 Å². The van der Waals surface area contributed by atoms with Crippen LogP contribution in [0.2, 0.25) is 0 Å². The van der Waals surface area contributed by atoms with Crippen molar-refractivity contribution in [3.05, 3.63) is 24.5 Å². The first-order chi connectivity index (χ1) is 6.96. The minimum atomic E-state index is -0.926. The second-order valence-corrected chi connectivity index (χ2v) is 5.39. The van der Waals surface area contributed by atoms with Gasteiger partial charge in [-0.05, 0) is 25.5 Å². The van der Waals surface area contributed by atoms with E-state index in [1.165, 1.54) is 0 Å². The fraction of sp³-hybridized carbons (Fsp3) is 0.400. The van der Waals surface area contributed by atoms with Crippen molar-refractivity contribution in [2.75, 3.05) is 5.32 Å². The second-order valence-electron chi connectivity index (χ2n) is 3.90. The molecule has 1 fully saturated rings. The zero-order valence-corrected chi connectivity index (χ0v) is 9.64. The van der Waals surface area contributed by atoms with E-state index in [4.69, 9.17) is 23.2 Å². The topological polar surface area (TPSA) is 42.0 Å². The van der Waals surface area contributed by atoms with Crippen LogP contribution >= 0.6 is 23.2 Å². The highest BCUT2D eigenvalue weighted by Gasteiger charge is 2.67. The number of hydrogen-bond donors (Lipinski definition) is 1. The van der Waals surface area contributed by atoms with Gasteiger partial charge in [0.15, 0.2) is 0 Å². The number of aromatic nitrogens is 1. The molecule has 1 saturated carbocycles. The summed E-state index contributed by atoms with van der Waals surface area (Å²) in [5, 5.41) is 2.75. The SMILES string of the molecule is CC1(C(=O)Nc2ccncc2)CC1(Cl)Cl. The Morgan fingerprint density at radius 3 is 2.47 bits per heavy atom. The van der Waals surface area contributed by atoms with Crippen LogP contribution in [0, 0.1) is 5.41 Å². The average Bonchev–Trinajstić information content (AvgIpc) is 2.69. The second kappa shape index (κ2) is 3.35. The zero-order valence-electron chi connectivity index (χ0n) is 8.13. The minimum absolute atomic E-state index is 0.154. The molecule has 0 aliphatic heterocycles. The molecule has 1 aromatic rings. The first-order valence-electron chi connectivity index (χ1n) is 4.55. The van der Waals surface area contributed by atoms with Gasteiger partial charge < -0.3 is 5.32 Å². The molecule has 1 atom stereocenters. The summed E-state index contributed by atoms with van der Waals surface area (Å²) in [5.41, 5.74) is 0.0200. The maximum atomic E-state index is 11.8. The zero-order chi connectivity index (χ0) is 11.1. The molecule has 1 amide bonds. The summed E-state index contributed by atoms with van der Waals surface area (Å²) >= 11 is 11.8. The fourth-order valence-corrected chi connectivity index (χ4v) is 2.06. The number of nitrogens with zero attached hydrogens (tertiary/aromatic N) is 1. The number of halogens is 2. The molecule has 0 aromatic carbocycles. The predicted molar refractivity (Wildman–Crippen MR) is 60.0 cm³/mol. The van der Waals surface area contributed by atoms with E-state index in [9.17, 15) is 4.79 Å². The van der Waals surface area contributed by atoms with Gasteiger partial charge >= 0.3 is 0 Å². The van der Waals surface area contributed by atoms with E-state index >= 15 is 0 Å². The quantitative estimate of drug-likeness (QED) is 0.813. The van der Waals surface area contributed by atoms with E-state index in [-0.39, 0.29) is 5.91 Å². The Labute approximate surface area is 97.8 Å². The first-order valence-corrected chi connectivity index (χ1v) is 5.31. The predicted octanol–water partition coefficient (Wildman–Crippen LogP) is 2.60. The lowest BCUT2D eigenvalue weighted by atomic mass is 10.1. The van der Waals surface area contributed by atoms with Gasteiger partial charge in [0.25, 0.3) is 0 Å². The molecule has 0 bridgehead atoms. The minimum Gasteiger partial charge on any atom is -0.325 e. The van der Waals surface area contributed by atoms with Gasteiger partial charge in [-0.2, -0.15) is 0 Å². The molecule has 1 N–H and O–H groups in total. The van der Waals surface area contributed by atoms with Crippen molar-refractivity contribution < 1.29 is 4.79 Å². The number of rotatable bonds is 2. The molecule has 80 valence electrons. The van der Waals surface area contributed by atoms with E-state index in [1.807, 2.05) is 0 Å². The summed E-state index contributed by atoms with van der Waals surface area (Å²) in [7, 11) is 0. The van der Waals surface area contributed by atoms with Crippen molar-refractivity contribution in [1.29, 1.82) is 0 Å². The highest BCUT2D eigenvalue weighted by atomic mass is 35.5. The number of carbonyl (C=O) groups is 1. The highest BCUT2D eigenvalue weighted by Crippen LogP contribution is 2.64. The summed E-state index contributed by atoms with van der Waals surface area (Å²) < 4.78 is -0.926. The maximum Gasteiger partial charge on any atom is 0.233 e. The lowest BCUT2D eigenvalue weighted by Crippen LogP contribution is -2.25. The first kappa shape index (κ1) is 10.7. The summed E-state index contributed by atoms with van der Waals surface area (Å²) in [5.74, 6) is -0.154. The number of alkyl halides is 2. The molecule has 0 radical (unpaired) electrons. The largest absolute Gasteiger partial charge is 0.325 e. The average molecular weight is 245 g/mol. The lowest BCUT2D eigenvalue weighted by molar-refractivity contribution is -0.120. The molecule has 1 aliphatic carbocycles. The van der Waals surface area contributed by atoms with E-state index in [1.54, 1.807) is 31.5 Å². The number of hydrogen-bond acceptors (Lipinski definition) is 2. The molecule has 0 spiro atoms. The van der Waals surface area contributed by atoms with Crippen molar-refractivity contribution in [3.8, 4) is 0 Å². The molecule has 1 aromatic heterocycles. The Bertz CT molecular complexity index is 394. The fourth-order valence-electron chi connectivity index (χ4n) is 1.35. The van der Waals surface area contributed by atoms with Gasteiger partial charge in [-0.1, -0.05) is 0 Å². The monoisotopic (exact) mass is 244 g/mol. The summed E-state index contributed by atoms with van der Waals surface area (Å²) in [6.07, 6.45) is 3.71. The Hall–Kier alpha value is -0.800. The van der Waals surface area contributed by atoms with Gasteiger partial charge in [-0.25, -0.2) is 0 Å². The number of amides is 1. The van der Waals surface area contributed by atoms with E-state index in [0.29, 0.717) is 12.1 Å². The van der Waals surface area contributed by atoms with Crippen LogP contribution < -0.4 is 5.32 Å². The summed E-state index contributed by atoms with van der Waals surface area (Å²) in [6.45, 7) is 1.75. The third-order valence-corrected chi connectivity index (χ3v) is 3.80. The van der Waals surface area contributed by atoms with Crippen molar-refractivity contribution in [2.24, 2.45) is 5.41 Å². The van der Waals surface area contributed by atoms with Crippen LogP contribution in [-0.4, -0.2) is 15.2 Å². The Kier molecular flexibility index (Phi) is 2.40. The Morgan fingerprint density at radius 2 is 2.00 bits per heavy atom. The van der Waals surface area contributed by atoms with Crippen molar-refractivity contribution in [3.63, 3.8) is 0 Å². The van der Waals surface area contributed by atoms with E-state index in [0.717, 1.165) is 0 Å². The Balaban J connectivity index is 2.07. The summed E-state index contributed by atoms with van der Waals surface area (Å²) in [4.78, 5) is 15.7. The van der Waals surface area contributed by atoms with Gasteiger partial charge in [0, 0.05) is 18.1 Å². The lowest BCUT2D eigenvalue weighted by Gasteiger charge is -2.12. The number of pyridine rings is 1. The summed E-state index contributed by atoms with van der Waals surface area (Å²) in [6, 6.07) is 3.43. The molecule has 3 nitrogen and oxygen atoms in total. The Morgan fingerprint density at radius 1 is 1.47 bits per heavy atom. The van der Waals surface area contributed by atoms with Crippen molar-refractivity contribution >= 4 is 34.8 Å². The number of nitrogens with one attached hydrogen (secondary N) is 1. The van der Waals surface area contributed by atoms with Crippen LogP contribution in [0.4, 0.5) is 5.69 Å². The van der Waals surface area contributed by atoms with Crippen LogP contribution in [0.1, 0.15) is 13.3 Å². The number of carbonyl (C=O) groups excluding carboxylic acids is 1. The van der Waals surface area contributed by atoms with Crippen LogP contribution in [0.3, 0.4) is 0 Å². The molecule has 1 unspecified atom stereocenters. The van der Waals surface area contributed by atoms with Gasteiger partial charge in [-0.3, -0.25) is 9.78 Å². The van der Waals surface area contributed by atoms with Crippen LogP contribution in [0.15, 0.2) is 24.5 Å². The molecule has 0 saturated heterocycles. The molecule has 2 rings (SSSR count). The van der Waals surface area contributed by atoms with Crippen LogP contribution in [-0.2, 0) is 4.79 Å². The van der Waals surface area contributed by atoms with Crippen molar-refractivity contribution in [1.82, 2.24) is 4.98 Å². The smallest absolute Gasteiger partial charge is 0.233 e. The molecular weight excluding hydrogens is 235 g/mol. The van der Waals surface area contributed by atoms with Gasteiger partial charge in [0.1, 0.15) is 4.33 Å². The van der Waals surface area contributed by atoms with Crippen LogP contribution in [0.5, 0.6) is 0 Å². The van der Waals surface area contributed by atoms with Gasteiger partial charge in [-0.15, -0.1) is 23.2 Å². The highest BCUT2D eigenvalue weighted by molar-refractivity contribution is 6.53. The van der Waals surface area contributed by atoms with Gasteiger partial charge in [0.2, 0.25) is 5.91 Å². The third-order valence-electron chi connectivity index (χ3n) is 2.70. The molecule has 1 heterocycles. The normalized spacial score (nSPS) is 27.1. The number of anilines is 1. The molecule has 1 aliphatic rings. The molecular formula is C10H10Cl2N2O. The maximum absolute atomic E-state index is 11.8. The van der Waals surface area contributed by atoms with Crippen molar-refractivity contribution in [2.45, 2.75) is 17.7 Å². The standard InChI is InChI=1S/C10H10Cl2N2O/c1-9(6-10(9,11)12)8(15)14-7-2-4-13-5-3-7/h2-5H,6H2,1H3,(H,13,14,15). The van der Waals surface area contributed by atoms with Crippen LogP contribution in [0.25, 0.3) is 0 Å². The molecule has 5 heteroatoms. The van der Waals surface area contributed by atoms with Gasteiger partial charge in [0.05, 0.1) is 5.41 Å².